The molecule has 0 radical (unpaired) electrons. The van der Waals surface area contributed by atoms with E-state index in [0.29, 0.717) is 13.2 Å². The van der Waals surface area contributed by atoms with Gasteiger partial charge in [0.2, 0.25) is 0 Å². The van der Waals surface area contributed by atoms with E-state index < -0.39 is 17.4 Å². The van der Waals surface area contributed by atoms with Gasteiger partial charge in [0.1, 0.15) is 0 Å². The van der Waals surface area contributed by atoms with Crippen LogP contribution in [-0.4, -0.2) is 6.88 Å². The molecule has 0 N–H and O–H groups in total. The molecule has 4 aliphatic rings. The van der Waals surface area contributed by atoms with Gasteiger partial charge in [-0.05, 0) is 0 Å². The third-order valence-corrected chi connectivity index (χ3v) is 28.7. The van der Waals surface area contributed by atoms with Crippen molar-refractivity contribution in [3.8, 4) is 0 Å². The summed E-state index contributed by atoms with van der Waals surface area (Å²) < 4.78 is 6.94. The minimum atomic E-state index is -3.47. The summed E-state index contributed by atoms with van der Waals surface area (Å²) >= 11 is -3.47. The summed E-state index contributed by atoms with van der Waals surface area (Å²) in [5.74, 6) is 2.14. The SMILES string of the molecule is CC1=Cc2c(C3CCCCC3)cccc2[CH]1[Zr]([CH3])([CH3])(=[SiH2])[CH]1C(C(C)C)=Cc2c(C3CCCCC3)cccc21. The van der Waals surface area contributed by atoms with Crippen LogP contribution in [0.2, 0.25) is 9.26 Å². The van der Waals surface area contributed by atoms with Gasteiger partial charge in [0, 0.05) is 0 Å². The van der Waals surface area contributed by atoms with Crippen LogP contribution in [0.3, 0.4) is 0 Å². The van der Waals surface area contributed by atoms with E-state index in [1.54, 1.807) is 44.5 Å². The zero-order valence-corrected chi connectivity index (χ0v) is 28.7. The van der Waals surface area contributed by atoms with E-state index in [9.17, 15) is 0 Å². The predicted molar refractivity (Wildman–Crippen MR) is 167 cm³/mol. The predicted octanol–water partition coefficient (Wildman–Crippen LogP) is 10.4. The molecule has 2 unspecified atom stereocenters. The van der Waals surface area contributed by atoms with Gasteiger partial charge in [-0.25, -0.2) is 0 Å². The first kappa shape index (κ1) is 27.2. The van der Waals surface area contributed by atoms with Gasteiger partial charge in [0.15, 0.2) is 0 Å². The summed E-state index contributed by atoms with van der Waals surface area (Å²) in [6.07, 6.45) is 19.4. The van der Waals surface area contributed by atoms with Gasteiger partial charge in [0.25, 0.3) is 0 Å². The molecule has 2 aromatic carbocycles. The zero-order valence-electron chi connectivity index (χ0n) is 24.8. The summed E-state index contributed by atoms with van der Waals surface area (Å²) in [6.45, 7) is 9.93. The molecule has 0 amide bonds. The zero-order chi connectivity index (χ0) is 26.7. The minimum absolute atomic E-state index is 0.600. The quantitative estimate of drug-likeness (QED) is 0.299. The molecule has 2 saturated carbocycles. The molecule has 0 aliphatic heterocycles. The molecular formula is C36H50SiZr. The molecule has 0 saturated heterocycles. The molecule has 2 aromatic rings. The van der Waals surface area contributed by atoms with Crippen molar-refractivity contribution >= 4 is 19.0 Å². The summed E-state index contributed by atoms with van der Waals surface area (Å²) in [4.78, 5) is 0. The first-order valence-corrected chi connectivity index (χ1v) is 29.6. The van der Waals surface area contributed by atoms with Crippen molar-refractivity contribution in [2.24, 2.45) is 5.92 Å². The fourth-order valence-electron chi connectivity index (χ4n) is 9.55. The first-order valence-electron chi connectivity index (χ1n) is 15.9. The normalized spacial score (nSPS) is 24.8. The summed E-state index contributed by atoms with van der Waals surface area (Å²) in [5, 5.41) is 0. The van der Waals surface area contributed by atoms with Crippen LogP contribution in [0.25, 0.3) is 12.2 Å². The average molecular weight is 602 g/mol. The van der Waals surface area contributed by atoms with Crippen molar-refractivity contribution in [2.45, 2.75) is 113 Å². The number of rotatable bonds is 5. The van der Waals surface area contributed by atoms with E-state index >= 15 is 0 Å². The molecule has 4 aliphatic carbocycles. The summed E-state index contributed by atoms with van der Waals surface area (Å²) in [7, 11) is 0. The van der Waals surface area contributed by atoms with Crippen molar-refractivity contribution in [1.82, 2.24) is 0 Å². The number of hydrogen-bond donors (Lipinski definition) is 0. The molecule has 2 heteroatoms. The van der Waals surface area contributed by atoms with Crippen molar-refractivity contribution in [2.75, 3.05) is 0 Å². The van der Waals surface area contributed by atoms with E-state index in [-0.39, 0.29) is 0 Å². The Kier molecular flexibility index (Phi) is 7.26. The Morgan fingerprint density at radius 1 is 0.658 bits per heavy atom. The van der Waals surface area contributed by atoms with Crippen LogP contribution >= 0.6 is 0 Å². The van der Waals surface area contributed by atoms with Gasteiger partial charge < -0.3 is 0 Å². The molecule has 0 heterocycles. The second-order valence-corrected chi connectivity index (χ2v) is 45.3. The standard InChI is InChI=1S/C18H23.C16H19.2CH3.H2Si.Zr/c1-13(2)16-11-15-9-6-10-17(18(15)12-16)14-7-4-3-5-8-14;1-12-10-14-8-5-9-15(16(14)11-12)13-6-3-2-4-7-13;;;;/h6,9-14H,3-5,7-8H2,1-2H3;5,8-11,13H,2-4,6-7H2,1H3;2*1H3;1H2;. The van der Waals surface area contributed by atoms with Crippen LogP contribution in [0.15, 0.2) is 47.5 Å². The molecule has 0 spiro atoms. The Hall–Kier alpha value is -0.980. The second kappa shape index (κ2) is 10.1. The molecular weight excluding hydrogens is 552 g/mol. The third-order valence-electron chi connectivity index (χ3n) is 11.1. The van der Waals surface area contributed by atoms with Gasteiger partial charge in [-0.3, -0.25) is 0 Å². The second-order valence-electron chi connectivity index (χ2n) is 14.9. The van der Waals surface area contributed by atoms with Crippen molar-refractivity contribution in [1.29, 1.82) is 0 Å². The average Bonchev–Trinajstić information content (AvgIpc) is 3.48. The fraction of sp³-hybridized carbons (Fsp3) is 0.556. The number of allylic oxidation sites excluding steroid dienone is 2. The van der Waals surface area contributed by atoms with Crippen LogP contribution < -0.4 is 0 Å². The molecule has 0 aromatic heterocycles. The van der Waals surface area contributed by atoms with E-state index in [1.165, 1.54) is 64.2 Å². The monoisotopic (exact) mass is 600 g/mol. The van der Waals surface area contributed by atoms with Crippen molar-refractivity contribution in [3.63, 3.8) is 0 Å². The molecule has 202 valence electrons. The number of fused-ring (bicyclic) bond motifs is 2. The van der Waals surface area contributed by atoms with Crippen LogP contribution in [0.5, 0.6) is 0 Å². The van der Waals surface area contributed by atoms with Crippen LogP contribution in [-0.2, 0) is 17.4 Å². The van der Waals surface area contributed by atoms with E-state index in [0.717, 1.165) is 11.8 Å². The van der Waals surface area contributed by atoms with Gasteiger partial charge in [-0.2, -0.15) is 0 Å². The summed E-state index contributed by atoms with van der Waals surface area (Å²) in [6, 6.07) is 14.9. The van der Waals surface area contributed by atoms with Crippen LogP contribution in [0.4, 0.5) is 0 Å². The van der Waals surface area contributed by atoms with Crippen LogP contribution in [0.1, 0.15) is 137 Å². The third kappa shape index (κ3) is 4.49. The molecule has 2 atom stereocenters. The van der Waals surface area contributed by atoms with E-state index in [1.807, 2.05) is 0 Å². The molecule has 38 heavy (non-hydrogen) atoms. The maximum atomic E-state index is 2.83. The van der Waals surface area contributed by atoms with Crippen LogP contribution in [0, 0.1) is 5.92 Å². The van der Waals surface area contributed by atoms with Gasteiger partial charge in [0.05, 0.1) is 0 Å². The Morgan fingerprint density at radius 3 is 1.61 bits per heavy atom. The number of benzene rings is 2. The topological polar surface area (TPSA) is 0 Å². The Morgan fingerprint density at radius 2 is 1.11 bits per heavy atom. The Balaban J connectivity index is 1.47. The molecule has 2 fully saturated rings. The summed E-state index contributed by atoms with van der Waals surface area (Å²) in [5.41, 5.74) is 13.4. The molecule has 0 bridgehead atoms. The molecule has 6 rings (SSSR count). The van der Waals surface area contributed by atoms with Gasteiger partial charge >= 0.3 is 237 Å². The van der Waals surface area contributed by atoms with E-state index in [2.05, 4.69) is 85.5 Å². The maximum absolute atomic E-state index is 3.47. The Labute approximate surface area is 235 Å². The van der Waals surface area contributed by atoms with Crippen molar-refractivity contribution < 1.29 is 17.4 Å². The van der Waals surface area contributed by atoms with Gasteiger partial charge in [-0.1, -0.05) is 0 Å². The van der Waals surface area contributed by atoms with Crippen molar-refractivity contribution in [3.05, 3.63) is 80.9 Å². The number of hydrogen-bond acceptors (Lipinski definition) is 0. The Bertz CT molecular complexity index is 1350. The van der Waals surface area contributed by atoms with Gasteiger partial charge in [-0.15, -0.1) is 0 Å². The first-order chi connectivity index (χ1) is 18.2. The van der Waals surface area contributed by atoms with E-state index in [4.69, 9.17) is 0 Å². The fourth-order valence-corrected chi connectivity index (χ4v) is 30.1. The molecule has 0 nitrogen and oxygen atoms in total.